The summed E-state index contributed by atoms with van der Waals surface area (Å²) in [6, 6.07) is 6.15. The summed E-state index contributed by atoms with van der Waals surface area (Å²) < 4.78 is 1.89. The van der Waals surface area contributed by atoms with Crippen LogP contribution in [0.3, 0.4) is 0 Å². The summed E-state index contributed by atoms with van der Waals surface area (Å²) in [6.45, 7) is 11.2. The van der Waals surface area contributed by atoms with Gasteiger partial charge in [0.15, 0.2) is 5.82 Å². The molecule has 3 aromatic heterocycles. The van der Waals surface area contributed by atoms with Gasteiger partial charge in [-0.2, -0.15) is 5.10 Å². The zero-order valence-corrected chi connectivity index (χ0v) is 17.2. The summed E-state index contributed by atoms with van der Waals surface area (Å²) in [5, 5.41) is 4.55. The second-order valence-corrected chi connectivity index (χ2v) is 8.29. The van der Waals surface area contributed by atoms with Crippen molar-refractivity contribution in [1.82, 2.24) is 34.6 Å². The number of likely N-dealkylation sites (tertiary alicyclic amines) is 1. The van der Waals surface area contributed by atoms with E-state index in [1.807, 2.05) is 30.8 Å². The molecule has 0 radical (unpaired) electrons. The van der Waals surface area contributed by atoms with Crippen LogP contribution in [0, 0.1) is 32.6 Å². The lowest BCUT2D eigenvalue weighted by Crippen LogP contribution is -2.29. The van der Waals surface area contributed by atoms with Crippen molar-refractivity contribution in [3.8, 4) is 5.82 Å². The first-order valence-corrected chi connectivity index (χ1v) is 10.2. The molecule has 0 N–H and O–H groups in total. The summed E-state index contributed by atoms with van der Waals surface area (Å²) in [6.07, 6.45) is 3.50. The molecule has 0 saturated carbocycles. The van der Waals surface area contributed by atoms with Crippen molar-refractivity contribution in [2.45, 2.75) is 27.3 Å². The van der Waals surface area contributed by atoms with Crippen LogP contribution in [0.4, 0.5) is 5.82 Å². The van der Waals surface area contributed by atoms with Gasteiger partial charge in [-0.05, 0) is 44.7 Å². The minimum absolute atomic E-state index is 0.671. The van der Waals surface area contributed by atoms with Gasteiger partial charge in [-0.15, -0.1) is 0 Å². The molecule has 0 amide bonds. The quantitative estimate of drug-likeness (QED) is 0.674. The first-order chi connectivity index (χ1) is 14.0. The molecule has 0 aliphatic carbocycles. The summed E-state index contributed by atoms with van der Waals surface area (Å²) in [7, 11) is 0. The SMILES string of the molecule is Cc1cc(C)n(-c2cc(N3CC4CN(Cc5ccnc(C)n5)CC4C3)ncn2)n1. The molecule has 150 valence electrons. The van der Waals surface area contributed by atoms with Gasteiger partial charge in [0, 0.05) is 50.7 Å². The van der Waals surface area contributed by atoms with Gasteiger partial charge < -0.3 is 4.90 Å². The monoisotopic (exact) mass is 390 g/mol. The van der Waals surface area contributed by atoms with Gasteiger partial charge in [0.2, 0.25) is 0 Å². The predicted molar refractivity (Wildman–Crippen MR) is 110 cm³/mol. The van der Waals surface area contributed by atoms with Gasteiger partial charge in [-0.1, -0.05) is 0 Å². The average Bonchev–Trinajstić information content (AvgIpc) is 3.34. The Morgan fingerprint density at radius 1 is 0.931 bits per heavy atom. The first kappa shape index (κ1) is 18.2. The van der Waals surface area contributed by atoms with E-state index >= 15 is 0 Å². The van der Waals surface area contributed by atoms with Crippen LogP contribution in [-0.2, 0) is 6.54 Å². The normalized spacial score (nSPS) is 21.7. The van der Waals surface area contributed by atoms with Crippen molar-refractivity contribution in [1.29, 1.82) is 0 Å². The van der Waals surface area contributed by atoms with E-state index in [-0.39, 0.29) is 0 Å². The zero-order valence-electron chi connectivity index (χ0n) is 17.2. The molecule has 0 aromatic carbocycles. The highest BCUT2D eigenvalue weighted by molar-refractivity contribution is 5.45. The first-order valence-electron chi connectivity index (χ1n) is 10.2. The molecule has 2 aliphatic rings. The third kappa shape index (κ3) is 3.60. The maximum Gasteiger partial charge on any atom is 0.159 e. The van der Waals surface area contributed by atoms with E-state index in [0.717, 1.165) is 67.3 Å². The van der Waals surface area contributed by atoms with Crippen molar-refractivity contribution in [3.05, 3.63) is 53.6 Å². The van der Waals surface area contributed by atoms with Gasteiger partial charge in [-0.25, -0.2) is 24.6 Å². The zero-order chi connectivity index (χ0) is 20.0. The minimum atomic E-state index is 0.671. The Bertz CT molecular complexity index is 1020. The molecular weight excluding hydrogens is 364 g/mol. The Morgan fingerprint density at radius 2 is 1.69 bits per heavy atom. The Hall–Kier alpha value is -2.87. The Balaban J connectivity index is 1.26. The Labute approximate surface area is 170 Å². The van der Waals surface area contributed by atoms with Crippen LogP contribution in [-0.4, -0.2) is 60.8 Å². The number of hydrogen-bond donors (Lipinski definition) is 0. The second kappa shape index (κ2) is 7.18. The van der Waals surface area contributed by atoms with Gasteiger partial charge >= 0.3 is 0 Å². The maximum atomic E-state index is 4.55. The van der Waals surface area contributed by atoms with E-state index in [2.05, 4.69) is 53.9 Å². The molecule has 2 atom stereocenters. The van der Waals surface area contributed by atoms with Crippen molar-refractivity contribution in [3.63, 3.8) is 0 Å². The molecule has 3 aromatic rings. The minimum Gasteiger partial charge on any atom is -0.356 e. The molecule has 5 rings (SSSR count). The number of aromatic nitrogens is 6. The molecule has 29 heavy (non-hydrogen) atoms. The maximum absolute atomic E-state index is 4.55. The molecule has 0 spiro atoms. The number of hydrogen-bond acceptors (Lipinski definition) is 7. The Kier molecular flexibility index (Phi) is 4.50. The van der Waals surface area contributed by atoms with Gasteiger partial charge in [0.25, 0.3) is 0 Å². The predicted octanol–water partition coefficient (Wildman–Crippen LogP) is 1.95. The molecule has 2 aliphatic heterocycles. The standard InChI is InChI=1S/C21H26N8/c1-14-6-15(2)29(26-14)21-7-20(23-13-24-21)28-10-17-8-27(9-18(17)11-28)12-19-4-5-22-16(3)25-19/h4-7,13,17-18H,8-12H2,1-3H3. The van der Waals surface area contributed by atoms with Gasteiger partial charge in [0.1, 0.15) is 18.0 Å². The average molecular weight is 390 g/mol. The van der Waals surface area contributed by atoms with Crippen LogP contribution in [0.15, 0.2) is 30.7 Å². The van der Waals surface area contributed by atoms with Crippen molar-refractivity contribution < 1.29 is 0 Å². The summed E-state index contributed by atoms with van der Waals surface area (Å²) >= 11 is 0. The van der Waals surface area contributed by atoms with E-state index in [1.165, 1.54) is 0 Å². The Morgan fingerprint density at radius 3 is 2.38 bits per heavy atom. The van der Waals surface area contributed by atoms with Crippen molar-refractivity contribution in [2.24, 2.45) is 11.8 Å². The lowest BCUT2D eigenvalue weighted by atomic mass is 10.0. The lowest BCUT2D eigenvalue weighted by Gasteiger charge is -2.22. The van der Waals surface area contributed by atoms with E-state index in [0.29, 0.717) is 11.8 Å². The van der Waals surface area contributed by atoms with Crippen LogP contribution in [0.25, 0.3) is 5.82 Å². The van der Waals surface area contributed by atoms with Crippen LogP contribution < -0.4 is 4.90 Å². The molecule has 2 unspecified atom stereocenters. The summed E-state index contributed by atoms with van der Waals surface area (Å²) in [4.78, 5) is 22.7. The molecule has 2 saturated heterocycles. The van der Waals surface area contributed by atoms with Crippen LogP contribution in [0.1, 0.15) is 22.9 Å². The number of fused-ring (bicyclic) bond motifs is 1. The number of aryl methyl sites for hydroxylation is 3. The van der Waals surface area contributed by atoms with E-state index in [9.17, 15) is 0 Å². The molecular formula is C21H26N8. The highest BCUT2D eigenvalue weighted by Gasteiger charge is 2.40. The third-order valence-electron chi connectivity index (χ3n) is 5.97. The fourth-order valence-corrected chi connectivity index (χ4v) is 4.72. The van der Waals surface area contributed by atoms with Crippen LogP contribution in [0.2, 0.25) is 0 Å². The summed E-state index contributed by atoms with van der Waals surface area (Å²) in [5.74, 6) is 4.01. The van der Waals surface area contributed by atoms with E-state index < -0.39 is 0 Å². The van der Waals surface area contributed by atoms with Crippen molar-refractivity contribution in [2.75, 3.05) is 31.1 Å². The largest absolute Gasteiger partial charge is 0.356 e. The molecule has 0 bridgehead atoms. The van der Waals surface area contributed by atoms with E-state index in [4.69, 9.17) is 0 Å². The van der Waals surface area contributed by atoms with Crippen molar-refractivity contribution >= 4 is 5.82 Å². The highest BCUT2D eigenvalue weighted by Crippen LogP contribution is 2.34. The number of anilines is 1. The highest BCUT2D eigenvalue weighted by atomic mass is 15.3. The molecule has 2 fully saturated rings. The second-order valence-electron chi connectivity index (χ2n) is 8.29. The molecule has 5 heterocycles. The number of rotatable bonds is 4. The van der Waals surface area contributed by atoms with Gasteiger partial charge in [0.05, 0.1) is 11.4 Å². The topological polar surface area (TPSA) is 75.9 Å². The van der Waals surface area contributed by atoms with Crippen LogP contribution >= 0.6 is 0 Å². The van der Waals surface area contributed by atoms with Gasteiger partial charge in [-0.3, -0.25) is 4.90 Å². The summed E-state index contributed by atoms with van der Waals surface area (Å²) in [5.41, 5.74) is 3.19. The fraction of sp³-hybridized carbons (Fsp3) is 0.476. The lowest BCUT2D eigenvalue weighted by molar-refractivity contribution is 0.304. The van der Waals surface area contributed by atoms with Crippen LogP contribution in [0.5, 0.6) is 0 Å². The third-order valence-corrected chi connectivity index (χ3v) is 5.97. The molecule has 8 heteroatoms. The molecule has 8 nitrogen and oxygen atoms in total. The number of nitrogens with zero attached hydrogens (tertiary/aromatic N) is 8. The van der Waals surface area contributed by atoms with E-state index in [1.54, 1.807) is 6.33 Å². The smallest absolute Gasteiger partial charge is 0.159 e. The fourth-order valence-electron chi connectivity index (χ4n) is 4.72.